The van der Waals surface area contributed by atoms with E-state index in [0.717, 1.165) is 56.0 Å². The molecule has 0 aromatic heterocycles. The first kappa shape index (κ1) is 19.1. The summed E-state index contributed by atoms with van der Waals surface area (Å²) in [4.78, 5) is 2.41. The molecule has 134 valence electrons. The van der Waals surface area contributed by atoms with Crippen LogP contribution in [0, 0.1) is 0 Å². The molecule has 1 saturated heterocycles. The number of ether oxygens (including phenoxy) is 3. The summed E-state index contributed by atoms with van der Waals surface area (Å²) in [5, 5.41) is 3.46. The molecule has 0 aliphatic carbocycles. The molecule has 1 aliphatic heterocycles. The number of rotatable bonds is 9. The van der Waals surface area contributed by atoms with Gasteiger partial charge in [0.1, 0.15) is 6.61 Å². The number of nitrogens with zero attached hydrogens (tertiary/aromatic N) is 1. The van der Waals surface area contributed by atoms with E-state index >= 15 is 0 Å². The van der Waals surface area contributed by atoms with E-state index in [-0.39, 0.29) is 6.61 Å². The third-order valence-corrected chi connectivity index (χ3v) is 4.32. The van der Waals surface area contributed by atoms with E-state index in [0.29, 0.717) is 17.2 Å². The molecule has 1 aliphatic rings. The van der Waals surface area contributed by atoms with Gasteiger partial charge in [0.2, 0.25) is 0 Å². The highest BCUT2D eigenvalue weighted by Gasteiger charge is 2.12. The van der Waals surface area contributed by atoms with Crippen LogP contribution in [-0.2, 0) is 11.3 Å². The van der Waals surface area contributed by atoms with Crippen molar-refractivity contribution < 1.29 is 14.2 Å². The predicted octanol–water partition coefficient (Wildman–Crippen LogP) is 1.73. The zero-order valence-electron chi connectivity index (χ0n) is 14.1. The maximum Gasteiger partial charge on any atom is 0.175 e. The van der Waals surface area contributed by atoms with Crippen molar-refractivity contribution in [1.29, 1.82) is 0 Å². The summed E-state index contributed by atoms with van der Waals surface area (Å²) in [6.07, 6.45) is 0. The second kappa shape index (κ2) is 9.88. The fraction of sp³-hybridized carbons (Fsp3) is 0.529. The first-order valence-electron chi connectivity index (χ1n) is 8.03. The van der Waals surface area contributed by atoms with E-state index in [2.05, 4.69) is 32.7 Å². The van der Waals surface area contributed by atoms with Gasteiger partial charge in [-0.2, -0.15) is 0 Å². The second-order valence-corrected chi connectivity index (χ2v) is 6.54. The lowest BCUT2D eigenvalue weighted by molar-refractivity contribution is 0.0384. The monoisotopic (exact) mass is 399 g/mol. The Labute approximate surface area is 152 Å². The Morgan fingerprint density at radius 2 is 2.17 bits per heavy atom. The zero-order chi connectivity index (χ0) is 17.4. The van der Waals surface area contributed by atoms with E-state index in [9.17, 15) is 0 Å². The van der Waals surface area contributed by atoms with Crippen molar-refractivity contribution in [2.45, 2.75) is 6.54 Å². The highest BCUT2D eigenvalue weighted by atomic mass is 79.9. The van der Waals surface area contributed by atoms with Crippen molar-refractivity contribution in [3.63, 3.8) is 0 Å². The summed E-state index contributed by atoms with van der Waals surface area (Å²) in [7, 11) is 1.63. The standard InChI is InChI=1S/C17H26BrN3O3/c1-13(19)12-24-17-15(18)9-14(10-16(17)22-2)11-20-3-4-21-5-7-23-8-6-21/h9-10,20H,1,3-8,11-12,19H2,2H3. The third kappa shape index (κ3) is 5.98. The number of hydrogen-bond acceptors (Lipinski definition) is 6. The molecule has 1 heterocycles. The molecular formula is C17H26BrN3O3. The molecule has 1 fully saturated rings. The Balaban J connectivity index is 1.85. The lowest BCUT2D eigenvalue weighted by atomic mass is 10.2. The molecule has 0 amide bonds. The fourth-order valence-corrected chi connectivity index (χ4v) is 3.08. The van der Waals surface area contributed by atoms with Gasteiger partial charge in [0, 0.05) is 38.4 Å². The van der Waals surface area contributed by atoms with E-state index < -0.39 is 0 Å². The van der Waals surface area contributed by atoms with Gasteiger partial charge in [-0.25, -0.2) is 0 Å². The Kier molecular flexibility index (Phi) is 7.84. The lowest BCUT2D eigenvalue weighted by Gasteiger charge is -2.26. The molecule has 7 heteroatoms. The van der Waals surface area contributed by atoms with Crippen molar-refractivity contribution in [2.75, 3.05) is 53.1 Å². The van der Waals surface area contributed by atoms with E-state index in [4.69, 9.17) is 19.9 Å². The minimum absolute atomic E-state index is 0.256. The first-order chi connectivity index (χ1) is 11.6. The van der Waals surface area contributed by atoms with Gasteiger partial charge in [-0.3, -0.25) is 4.90 Å². The summed E-state index contributed by atoms with van der Waals surface area (Å²) in [6, 6.07) is 4.00. The molecule has 3 N–H and O–H groups in total. The fourth-order valence-electron chi connectivity index (χ4n) is 2.47. The minimum Gasteiger partial charge on any atom is -0.493 e. The Morgan fingerprint density at radius 3 is 2.83 bits per heavy atom. The number of morpholine rings is 1. The van der Waals surface area contributed by atoms with Crippen molar-refractivity contribution in [3.05, 3.63) is 34.4 Å². The second-order valence-electron chi connectivity index (χ2n) is 5.69. The lowest BCUT2D eigenvalue weighted by Crippen LogP contribution is -2.40. The normalized spacial score (nSPS) is 15.2. The summed E-state index contributed by atoms with van der Waals surface area (Å²) in [5.41, 5.74) is 7.15. The average molecular weight is 400 g/mol. The first-order valence-corrected chi connectivity index (χ1v) is 8.82. The van der Waals surface area contributed by atoms with E-state index in [1.54, 1.807) is 7.11 Å². The molecule has 0 radical (unpaired) electrons. The molecule has 24 heavy (non-hydrogen) atoms. The van der Waals surface area contributed by atoms with Crippen LogP contribution in [0.2, 0.25) is 0 Å². The van der Waals surface area contributed by atoms with Crippen LogP contribution in [0.1, 0.15) is 5.56 Å². The van der Waals surface area contributed by atoms with Gasteiger partial charge in [0.25, 0.3) is 0 Å². The molecule has 6 nitrogen and oxygen atoms in total. The smallest absolute Gasteiger partial charge is 0.175 e. The largest absolute Gasteiger partial charge is 0.493 e. The van der Waals surface area contributed by atoms with E-state index in [1.165, 1.54) is 0 Å². The summed E-state index contributed by atoms with van der Waals surface area (Å²) in [6.45, 7) is 10.3. The molecule has 1 aromatic carbocycles. The molecule has 0 unspecified atom stereocenters. The van der Waals surface area contributed by atoms with Crippen LogP contribution in [0.4, 0.5) is 0 Å². The van der Waals surface area contributed by atoms with Crippen molar-refractivity contribution in [3.8, 4) is 11.5 Å². The Morgan fingerprint density at radius 1 is 1.42 bits per heavy atom. The van der Waals surface area contributed by atoms with Crippen molar-refractivity contribution in [1.82, 2.24) is 10.2 Å². The van der Waals surface area contributed by atoms with Crippen LogP contribution in [-0.4, -0.2) is 58.0 Å². The van der Waals surface area contributed by atoms with Gasteiger partial charge in [-0.15, -0.1) is 0 Å². The van der Waals surface area contributed by atoms with Crippen molar-refractivity contribution in [2.24, 2.45) is 5.73 Å². The number of hydrogen-bond donors (Lipinski definition) is 2. The molecule has 0 spiro atoms. The van der Waals surface area contributed by atoms with Crippen LogP contribution < -0.4 is 20.5 Å². The van der Waals surface area contributed by atoms with Crippen LogP contribution in [0.3, 0.4) is 0 Å². The maximum atomic E-state index is 5.64. The number of nitrogens with one attached hydrogen (secondary N) is 1. The predicted molar refractivity (Wildman–Crippen MR) is 98.5 cm³/mol. The van der Waals surface area contributed by atoms with Gasteiger partial charge >= 0.3 is 0 Å². The number of benzene rings is 1. The SMILES string of the molecule is C=C(N)COc1c(Br)cc(CNCCN2CCOCC2)cc1OC. The molecule has 0 saturated carbocycles. The number of methoxy groups -OCH3 is 1. The topological polar surface area (TPSA) is 69.0 Å². The quantitative estimate of drug-likeness (QED) is 0.616. The van der Waals surface area contributed by atoms with E-state index in [1.807, 2.05) is 12.1 Å². The number of halogens is 1. The average Bonchev–Trinajstić information content (AvgIpc) is 2.58. The van der Waals surface area contributed by atoms with Gasteiger partial charge in [-0.05, 0) is 33.6 Å². The Hall–Kier alpha value is -1.28. The van der Waals surface area contributed by atoms with Crippen molar-refractivity contribution >= 4 is 15.9 Å². The molecular weight excluding hydrogens is 374 g/mol. The summed E-state index contributed by atoms with van der Waals surface area (Å²) in [5.74, 6) is 1.32. The van der Waals surface area contributed by atoms with Gasteiger partial charge in [0.15, 0.2) is 11.5 Å². The molecule has 1 aromatic rings. The van der Waals surface area contributed by atoms with Gasteiger partial charge in [-0.1, -0.05) is 6.58 Å². The summed E-state index contributed by atoms with van der Waals surface area (Å²) < 4.78 is 17.3. The zero-order valence-corrected chi connectivity index (χ0v) is 15.7. The highest BCUT2D eigenvalue weighted by molar-refractivity contribution is 9.10. The van der Waals surface area contributed by atoms with Crippen LogP contribution in [0.15, 0.2) is 28.9 Å². The highest BCUT2D eigenvalue weighted by Crippen LogP contribution is 2.36. The molecule has 0 atom stereocenters. The third-order valence-electron chi connectivity index (χ3n) is 3.73. The number of nitrogens with two attached hydrogens (primary N) is 1. The Bertz CT molecular complexity index is 548. The minimum atomic E-state index is 0.256. The van der Waals surface area contributed by atoms with Crippen LogP contribution in [0.5, 0.6) is 11.5 Å². The molecule has 2 rings (SSSR count). The maximum absolute atomic E-state index is 5.64. The summed E-state index contributed by atoms with van der Waals surface area (Å²) >= 11 is 3.54. The van der Waals surface area contributed by atoms with Crippen LogP contribution in [0.25, 0.3) is 0 Å². The van der Waals surface area contributed by atoms with Gasteiger partial charge < -0.3 is 25.3 Å². The molecule has 0 bridgehead atoms. The van der Waals surface area contributed by atoms with Crippen LogP contribution >= 0.6 is 15.9 Å². The van der Waals surface area contributed by atoms with Gasteiger partial charge in [0.05, 0.1) is 24.8 Å².